The van der Waals surface area contributed by atoms with Crippen molar-refractivity contribution >= 4 is 17.5 Å². The van der Waals surface area contributed by atoms with E-state index in [9.17, 15) is 4.79 Å². The van der Waals surface area contributed by atoms with Crippen LogP contribution in [0.15, 0.2) is 42.5 Å². The Bertz CT molecular complexity index is 668. The summed E-state index contributed by atoms with van der Waals surface area (Å²) in [5.41, 5.74) is 3.49. The number of nitrogens with one attached hydrogen (secondary N) is 1. The zero-order valence-electron chi connectivity index (χ0n) is 13.7. The van der Waals surface area contributed by atoms with Crippen molar-refractivity contribution in [3.05, 3.63) is 64.2 Å². The van der Waals surface area contributed by atoms with Gasteiger partial charge in [0, 0.05) is 11.6 Å². The van der Waals surface area contributed by atoms with Gasteiger partial charge < -0.3 is 10.1 Å². The summed E-state index contributed by atoms with van der Waals surface area (Å²) < 4.78 is 5.70. The number of ether oxygens (including phenoxy) is 1. The minimum atomic E-state index is -0.526. The number of hydrogen-bond acceptors (Lipinski definition) is 2. The van der Waals surface area contributed by atoms with Crippen LogP contribution in [-0.2, 0) is 11.2 Å². The second kappa shape index (κ2) is 8.02. The van der Waals surface area contributed by atoms with Crippen molar-refractivity contribution in [2.45, 2.75) is 33.3 Å². The minimum Gasteiger partial charge on any atom is -0.481 e. The Hall–Kier alpha value is -2.00. The lowest BCUT2D eigenvalue weighted by atomic mass is 10.1. The number of aryl methyl sites for hydroxylation is 2. The van der Waals surface area contributed by atoms with E-state index in [1.807, 2.05) is 56.3 Å². The van der Waals surface area contributed by atoms with Gasteiger partial charge in [0.15, 0.2) is 6.10 Å². The molecule has 0 aliphatic carbocycles. The van der Waals surface area contributed by atoms with Crippen molar-refractivity contribution in [1.29, 1.82) is 0 Å². The Balaban J connectivity index is 1.80. The SMILES string of the molecule is Cc1ccc(OC(C)C(=O)NCCc2ccc(Cl)cc2)cc1C. The molecular weight excluding hydrogens is 310 g/mol. The summed E-state index contributed by atoms with van der Waals surface area (Å²) in [5.74, 6) is 0.602. The van der Waals surface area contributed by atoms with Crippen LogP contribution in [-0.4, -0.2) is 18.6 Å². The molecule has 2 rings (SSSR count). The van der Waals surface area contributed by atoms with Gasteiger partial charge in [-0.2, -0.15) is 0 Å². The number of amides is 1. The molecular formula is C19H22ClNO2. The van der Waals surface area contributed by atoms with E-state index in [1.54, 1.807) is 6.92 Å². The average Bonchev–Trinajstić information content (AvgIpc) is 2.52. The third-order valence-corrected chi connectivity index (χ3v) is 4.04. The first-order chi connectivity index (χ1) is 11.0. The summed E-state index contributed by atoms with van der Waals surface area (Å²) in [6.45, 7) is 6.40. The summed E-state index contributed by atoms with van der Waals surface area (Å²) in [7, 11) is 0. The van der Waals surface area contributed by atoms with Crippen molar-refractivity contribution in [3.63, 3.8) is 0 Å². The summed E-state index contributed by atoms with van der Waals surface area (Å²) in [5, 5.41) is 3.61. The van der Waals surface area contributed by atoms with Gasteiger partial charge in [0.2, 0.25) is 0 Å². The quantitative estimate of drug-likeness (QED) is 0.866. The molecule has 2 aromatic carbocycles. The molecule has 4 heteroatoms. The van der Waals surface area contributed by atoms with Gasteiger partial charge in [0.05, 0.1) is 0 Å². The van der Waals surface area contributed by atoms with Crippen LogP contribution in [0.1, 0.15) is 23.6 Å². The lowest BCUT2D eigenvalue weighted by Gasteiger charge is -2.15. The summed E-state index contributed by atoms with van der Waals surface area (Å²) >= 11 is 5.85. The van der Waals surface area contributed by atoms with Crippen LogP contribution >= 0.6 is 11.6 Å². The van der Waals surface area contributed by atoms with Gasteiger partial charge in [-0.3, -0.25) is 4.79 Å². The second-order valence-electron chi connectivity index (χ2n) is 5.67. The Morgan fingerprint density at radius 2 is 1.83 bits per heavy atom. The van der Waals surface area contributed by atoms with Crippen molar-refractivity contribution in [3.8, 4) is 5.75 Å². The molecule has 0 spiro atoms. The topological polar surface area (TPSA) is 38.3 Å². The van der Waals surface area contributed by atoms with Crippen LogP contribution in [0, 0.1) is 13.8 Å². The third-order valence-electron chi connectivity index (χ3n) is 3.79. The monoisotopic (exact) mass is 331 g/mol. The van der Waals surface area contributed by atoms with Gasteiger partial charge in [0.25, 0.3) is 5.91 Å². The van der Waals surface area contributed by atoms with E-state index in [0.29, 0.717) is 17.3 Å². The smallest absolute Gasteiger partial charge is 0.260 e. The van der Waals surface area contributed by atoms with Gasteiger partial charge in [-0.25, -0.2) is 0 Å². The fourth-order valence-corrected chi connectivity index (χ4v) is 2.30. The van der Waals surface area contributed by atoms with Gasteiger partial charge in [-0.1, -0.05) is 29.8 Å². The fourth-order valence-electron chi connectivity index (χ4n) is 2.17. The van der Waals surface area contributed by atoms with Crippen LogP contribution in [0.2, 0.25) is 5.02 Å². The Labute approximate surface area is 142 Å². The van der Waals surface area contributed by atoms with Crippen LogP contribution in [0.5, 0.6) is 5.75 Å². The highest BCUT2D eigenvalue weighted by atomic mass is 35.5. The van der Waals surface area contributed by atoms with E-state index >= 15 is 0 Å². The molecule has 0 aromatic heterocycles. The van der Waals surface area contributed by atoms with Crippen LogP contribution < -0.4 is 10.1 Å². The highest BCUT2D eigenvalue weighted by molar-refractivity contribution is 6.30. The van der Waals surface area contributed by atoms with E-state index < -0.39 is 6.10 Å². The predicted molar refractivity (Wildman–Crippen MR) is 94.2 cm³/mol. The van der Waals surface area contributed by atoms with E-state index in [1.165, 1.54) is 5.56 Å². The van der Waals surface area contributed by atoms with E-state index in [2.05, 4.69) is 5.32 Å². The molecule has 1 unspecified atom stereocenters. The van der Waals surface area contributed by atoms with Crippen molar-refractivity contribution < 1.29 is 9.53 Å². The lowest BCUT2D eigenvalue weighted by molar-refractivity contribution is -0.127. The number of rotatable bonds is 6. The maximum atomic E-state index is 12.1. The standard InChI is InChI=1S/C19H22ClNO2/c1-13-4-9-18(12-14(13)2)23-15(3)19(22)21-11-10-16-5-7-17(20)8-6-16/h4-9,12,15H,10-11H2,1-3H3,(H,21,22). The first-order valence-electron chi connectivity index (χ1n) is 7.72. The summed E-state index contributed by atoms with van der Waals surface area (Å²) in [6.07, 6.45) is 0.238. The number of carbonyl (C=O) groups is 1. The zero-order chi connectivity index (χ0) is 16.8. The minimum absolute atomic E-state index is 0.114. The van der Waals surface area contributed by atoms with E-state index in [-0.39, 0.29) is 5.91 Å². The van der Waals surface area contributed by atoms with Crippen molar-refractivity contribution in [2.75, 3.05) is 6.54 Å². The van der Waals surface area contributed by atoms with E-state index in [0.717, 1.165) is 17.5 Å². The van der Waals surface area contributed by atoms with Gasteiger partial charge in [0.1, 0.15) is 5.75 Å². The third kappa shape index (κ3) is 5.29. The predicted octanol–water partition coefficient (Wildman–Crippen LogP) is 4.08. The molecule has 0 radical (unpaired) electrons. The molecule has 122 valence electrons. The van der Waals surface area contributed by atoms with Gasteiger partial charge >= 0.3 is 0 Å². The summed E-state index contributed by atoms with van der Waals surface area (Å²) in [6, 6.07) is 13.5. The molecule has 1 N–H and O–H groups in total. The molecule has 2 aromatic rings. The lowest BCUT2D eigenvalue weighted by Crippen LogP contribution is -2.37. The zero-order valence-corrected chi connectivity index (χ0v) is 14.5. The molecule has 3 nitrogen and oxygen atoms in total. The summed E-state index contributed by atoms with van der Waals surface area (Å²) in [4.78, 5) is 12.1. The van der Waals surface area contributed by atoms with Crippen LogP contribution in [0.25, 0.3) is 0 Å². The highest BCUT2D eigenvalue weighted by Crippen LogP contribution is 2.17. The molecule has 0 bridgehead atoms. The molecule has 0 heterocycles. The molecule has 0 saturated carbocycles. The average molecular weight is 332 g/mol. The largest absolute Gasteiger partial charge is 0.481 e. The molecule has 0 aliphatic heterocycles. The molecule has 1 amide bonds. The first kappa shape index (κ1) is 17.4. The molecule has 0 saturated heterocycles. The van der Waals surface area contributed by atoms with Gasteiger partial charge in [-0.05, 0) is 68.1 Å². The molecule has 0 aliphatic rings. The van der Waals surface area contributed by atoms with Gasteiger partial charge in [-0.15, -0.1) is 0 Å². The number of benzene rings is 2. The van der Waals surface area contributed by atoms with Crippen molar-refractivity contribution in [2.24, 2.45) is 0 Å². The fraction of sp³-hybridized carbons (Fsp3) is 0.316. The normalized spacial score (nSPS) is 11.8. The Morgan fingerprint density at radius 3 is 2.48 bits per heavy atom. The number of carbonyl (C=O) groups excluding carboxylic acids is 1. The first-order valence-corrected chi connectivity index (χ1v) is 8.09. The molecule has 23 heavy (non-hydrogen) atoms. The molecule has 0 fully saturated rings. The van der Waals surface area contributed by atoms with E-state index in [4.69, 9.17) is 16.3 Å². The van der Waals surface area contributed by atoms with Crippen molar-refractivity contribution in [1.82, 2.24) is 5.32 Å². The number of halogens is 1. The number of hydrogen-bond donors (Lipinski definition) is 1. The maximum absolute atomic E-state index is 12.1. The highest BCUT2D eigenvalue weighted by Gasteiger charge is 2.14. The Kier molecular flexibility index (Phi) is 6.05. The second-order valence-corrected chi connectivity index (χ2v) is 6.11. The Morgan fingerprint density at radius 1 is 1.13 bits per heavy atom. The molecule has 1 atom stereocenters. The maximum Gasteiger partial charge on any atom is 0.260 e. The van der Waals surface area contributed by atoms with Crippen LogP contribution in [0.4, 0.5) is 0 Å². The van der Waals surface area contributed by atoms with Crippen LogP contribution in [0.3, 0.4) is 0 Å².